The quantitative estimate of drug-likeness (QED) is 0.388. The number of methoxy groups -OCH3 is 1. The van der Waals surface area contributed by atoms with E-state index in [1.54, 1.807) is 67.8 Å². The van der Waals surface area contributed by atoms with Crippen molar-refractivity contribution in [1.29, 1.82) is 0 Å². The van der Waals surface area contributed by atoms with Crippen molar-refractivity contribution in [3.05, 3.63) is 89.0 Å². The van der Waals surface area contributed by atoms with Crippen LogP contribution in [0.25, 0.3) is 0 Å². The van der Waals surface area contributed by atoms with Crippen LogP contribution in [0.5, 0.6) is 11.5 Å². The third kappa shape index (κ3) is 5.06. The summed E-state index contributed by atoms with van der Waals surface area (Å²) in [5.41, 5.74) is 1.13. The fraction of sp³-hybridized carbons (Fsp3) is 0.185. The molecule has 178 valence electrons. The lowest BCUT2D eigenvalue weighted by atomic mass is 9.83. The predicted octanol–water partition coefficient (Wildman–Crippen LogP) is 3.81. The number of nitrogens with one attached hydrogen (secondary N) is 1. The number of benzene rings is 3. The van der Waals surface area contributed by atoms with E-state index < -0.39 is 18.0 Å². The molecule has 1 amide bonds. The third-order valence-electron chi connectivity index (χ3n) is 5.52. The van der Waals surface area contributed by atoms with Gasteiger partial charge in [0, 0.05) is 16.7 Å². The van der Waals surface area contributed by atoms with E-state index in [1.165, 1.54) is 13.0 Å². The summed E-state index contributed by atoms with van der Waals surface area (Å²) in [6, 6.07) is 18.1. The van der Waals surface area contributed by atoms with Crippen LogP contribution in [-0.2, 0) is 14.3 Å². The molecule has 3 aromatic carbocycles. The van der Waals surface area contributed by atoms with E-state index in [-0.39, 0.29) is 47.0 Å². The Hall–Kier alpha value is -4.46. The molecular weight excluding hydrogens is 450 g/mol. The van der Waals surface area contributed by atoms with Crippen LogP contribution in [0.4, 0.5) is 5.69 Å². The van der Waals surface area contributed by atoms with E-state index in [2.05, 4.69) is 5.32 Å². The molecule has 0 heterocycles. The minimum absolute atomic E-state index is 0.0614. The summed E-state index contributed by atoms with van der Waals surface area (Å²) in [6.07, 6.45) is -1.19. The van der Waals surface area contributed by atoms with Crippen LogP contribution in [0.15, 0.2) is 66.7 Å². The Morgan fingerprint density at radius 1 is 0.829 bits per heavy atom. The van der Waals surface area contributed by atoms with Crippen LogP contribution in [0.1, 0.15) is 45.2 Å². The summed E-state index contributed by atoms with van der Waals surface area (Å²) >= 11 is 0. The fourth-order valence-electron chi connectivity index (χ4n) is 3.72. The van der Waals surface area contributed by atoms with Crippen LogP contribution in [-0.4, -0.2) is 43.3 Å². The number of hydrogen-bond donors (Lipinski definition) is 1. The molecule has 35 heavy (non-hydrogen) atoms. The van der Waals surface area contributed by atoms with Crippen molar-refractivity contribution in [2.75, 3.05) is 19.0 Å². The lowest BCUT2D eigenvalue weighted by Crippen LogP contribution is -2.31. The Bertz CT molecular complexity index is 1300. The standard InChI is InChI=1S/C27H23NO7/c1-16(35-23(29)14-15-34-18-12-10-17(33-2)11-13-18)27(32)28-22-9-5-8-21-24(22)26(31)20-7-4-3-6-19(20)25(21)30/h3-13,16H,14-15H2,1-2H3,(H,28,32). The maximum Gasteiger partial charge on any atom is 0.310 e. The van der Waals surface area contributed by atoms with Crippen molar-refractivity contribution < 1.29 is 33.4 Å². The van der Waals surface area contributed by atoms with Gasteiger partial charge in [-0.3, -0.25) is 19.2 Å². The van der Waals surface area contributed by atoms with E-state index in [0.717, 1.165) is 0 Å². The Morgan fingerprint density at radius 2 is 1.46 bits per heavy atom. The van der Waals surface area contributed by atoms with E-state index in [4.69, 9.17) is 14.2 Å². The van der Waals surface area contributed by atoms with Gasteiger partial charge in [0.1, 0.15) is 11.5 Å². The van der Waals surface area contributed by atoms with Crippen LogP contribution in [0.2, 0.25) is 0 Å². The summed E-state index contributed by atoms with van der Waals surface area (Å²) in [7, 11) is 1.56. The second-order valence-corrected chi connectivity index (χ2v) is 7.83. The molecule has 0 radical (unpaired) electrons. The van der Waals surface area contributed by atoms with Gasteiger partial charge in [0.25, 0.3) is 5.91 Å². The monoisotopic (exact) mass is 473 g/mol. The number of fused-ring (bicyclic) bond motifs is 2. The molecule has 0 aliphatic heterocycles. The second-order valence-electron chi connectivity index (χ2n) is 7.83. The fourth-order valence-corrected chi connectivity index (χ4v) is 3.72. The van der Waals surface area contributed by atoms with Crippen LogP contribution in [0, 0.1) is 0 Å². The van der Waals surface area contributed by atoms with Gasteiger partial charge in [0.15, 0.2) is 17.7 Å². The number of anilines is 1. The highest BCUT2D eigenvalue weighted by atomic mass is 16.5. The molecule has 1 aliphatic carbocycles. The van der Waals surface area contributed by atoms with Crippen LogP contribution in [0.3, 0.4) is 0 Å². The van der Waals surface area contributed by atoms with Crippen LogP contribution >= 0.6 is 0 Å². The molecule has 0 fully saturated rings. The number of hydrogen-bond acceptors (Lipinski definition) is 7. The van der Waals surface area contributed by atoms with Gasteiger partial charge >= 0.3 is 5.97 Å². The summed E-state index contributed by atoms with van der Waals surface area (Å²) in [4.78, 5) is 50.8. The molecule has 8 nitrogen and oxygen atoms in total. The SMILES string of the molecule is COc1ccc(OCCC(=O)OC(C)C(=O)Nc2cccc3c2C(=O)c2ccccc2C3=O)cc1. The zero-order valence-electron chi connectivity index (χ0n) is 19.2. The molecule has 1 atom stereocenters. The van der Waals surface area contributed by atoms with Crippen LogP contribution < -0.4 is 14.8 Å². The topological polar surface area (TPSA) is 108 Å². The highest BCUT2D eigenvalue weighted by Crippen LogP contribution is 2.32. The van der Waals surface area contributed by atoms with Crippen molar-refractivity contribution in [2.24, 2.45) is 0 Å². The molecule has 0 aromatic heterocycles. The Balaban J connectivity index is 1.36. The summed E-state index contributed by atoms with van der Waals surface area (Å²) < 4.78 is 15.8. The first-order valence-electron chi connectivity index (χ1n) is 11.0. The number of amides is 1. The summed E-state index contributed by atoms with van der Waals surface area (Å²) in [5, 5.41) is 2.62. The molecule has 0 bridgehead atoms. The molecular formula is C27H23NO7. The Kier molecular flexibility index (Phi) is 6.91. The average Bonchev–Trinajstić information content (AvgIpc) is 2.87. The van der Waals surface area contributed by atoms with Crippen molar-refractivity contribution >= 4 is 29.1 Å². The van der Waals surface area contributed by atoms with E-state index >= 15 is 0 Å². The first kappa shape index (κ1) is 23.7. The summed E-state index contributed by atoms with van der Waals surface area (Å²) in [6.45, 7) is 1.50. The van der Waals surface area contributed by atoms with E-state index in [1.807, 2.05) is 0 Å². The largest absolute Gasteiger partial charge is 0.497 e. The van der Waals surface area contributed by atoms with Gasteiger partial charge in [0.2, 0.25) is 0 Å². The van der Waals surface area contributed by atoms with Gasteiger partial charge in [-0.15, -0.1) is 0 Å². The Labute approximate surface area is 201 Å². The zero-order valence-corrected chi connectivity index (χ0v) is 19.2. The minimum atomic E-state index is -1.12. The smallest absolute Gasteiger partial charge is 0.310 e. The van der Waals surface area contributed by atoms with E-state index in [0.29, 0.717) is 17.1 Å². The molecule has 4 rings (SSSR count). The zero-order chi connectivity index (χ0) is 24.9. The molecule has 0 saturated carbocycles. The number of carbonyl (C=O) groups is 4. The van der Waals surface area contributed by atoms with Crippen molar-refractivity contribution in [3.63, 3.8) is 0 Å². The molecule has 8 heteroatoms. The third-order valence-corrected chi connectivity index (χ3v) is 5.52. The van der Waals surface area contributed by atoms with Gasteiger partial charge in [-0.1, -0.05) is 36.4 Å². The number of esters is 1. The molecule has 0 spiro atoms. The van der Waals surface area contributed by atoms with Gasteiger partial charge in [-0.25, -0.2) is 0 Å². The van der Waals surface area contributed by atoms with Gasteiger partial charge in [-0.2, -0.15) is 0 Å². The molecule has 1 aliphatic rings. The second kappa shape index (κ2) is 10.2. The van der Waals surface area contributed by atoms with Gasteiger partial charge in [0.05, 0.1) is 31.4 Å². The molecule has 1 unspecified atom stereocenters. The first-order valence-corrected chi connectivity index (χ1v) is 11.0. The Morgan fingerprint density at radius 3 is 2.14 bits per heavy atom. The van der Waals surface area contributed by atoms with Crippen molar-refractivity contribution in [3.8, 4) is 11.5 Å². The maximum atomic E-state index is 13.1. The molecule has 3 aromatic rings. The minimum Gasteiger partial charge on any atom is -0.497 e. The molecule has 0 saturated heterocycles. The highest BCUT2D eigenvalue weighted by Gasteiger charge is 2.32. The van der Waals surface area contributed by atoms with Crippen molar-refractivity contribution in [2.45, 2.75) is 19.4 Å². The molecule has 1 N–H and O–H groups in total. The van der Waals surface area contributed by atoms with Gasteiger partial charge in [-0.05, 0) is 37.3 Å². The number of ketones is 2. The van der Waals surface area contributed by atoms with Crippen molar-refractivity contribution in [1.82, 2.24) is 0 Å². The normalized spacial score (nSPS) is 12.7. The highest BCUT2D eigenvalue weighted by molar-refractivity contribution is 6.30. The predicted molar refractivity (Wildman–Crippen MR) is 127 cm³/mol. The first-order chi connectivity index (χ1) is 16.9. The lowest BCUT2D eigenvalue weighted by Gasteiger charge is -2.21. The number of ether oxygens (including phenoxy) is 3. The lowest BCUT2D eigenvalue weighted by molar-refractivity contribution is -0.153. The number of carbonyl (C=O) groups excluding carboxylic acids is 4. The average molecular weight is 473 g/mol. The van der Waals surface area contributed by atoms with Gasteiger partial charge < -0.3 is 19.5 Å². The van der Waals surface area contributed by atoms with E-state index in [9.17, 15) is 19.2 Å². The number of rotatable bonds is 8. The maximum absolute atomic E-state index is 13.1. The summed E-state index contributed by atoms with van der Waals surface area (Å²) in [5.74, 6) is -0.627.